The molecule has 0 radical (unpaired) electrons. The van der Waals surface area contributed by atoms with E-state index in [1.54, 1.807) is 6.07 Å². The number of ether oxygens (including phenoxy) is 1. The Morgan fingerprint density at radius 3 is 2.96 bits per heavy atom. The van der Waals surface area contributed by atoms with Crippen LogP contribution in [0.1, 0.15) is 5.76 Å². The molecule has 0 bridgehead atoms. The SMILES string of the molecule is Cc1cc2cccc(NC(=O)NC[C@@H]3CN(S(C)(=O)=O)CCO3)c2o1. The van der Waals surface area contributed by atoms with Crippen LogP contribution in [-0.4, -0.2) is 57.4 Å². The van der Waals surface area contributed by atoms with Gasteiger partial charge in [0.1, 0.15) is 5.76 Å². The number of amides is 2. The van der Waals surface area contributed by atoms with E-state index in [0.717, 1.165) is 11.1 Å². The molecule has 9 heteroatoms. The lowest BCUT2D eigenvalue weighted by atomic mass is 10.2. The Morgan fingerprint density at radius 2 is 2.20 bits per heavy atom. The lowest BCUT2D eigenvalue weighted by Crippen LogP contribution is -2.49. The molecule has 1 aliphatic rings. The molecule has 0 saturated carbocycles. The fraction of sp³-hybridized carbons (Fsp3) is 0.438. The maximum Gasteiger partial charge on any atom is 0.319 e. The van der Waals surface area contributed by atoms with Crippen LogP contribution in [0.2, 0.25) is 0 Å². The minimum atomic E-state index is -3.26. The van der Waals surface area contributed by atoms with Crippen molar-refractivity contribution in [1.82, 2.24) is 9.62 Å². The second kappa shape index (κ2) is 7.03. The number of fused-ring (bicyclic) bond motifs is 1. The number of para-hydroxylation sites is 1. The molecule has 0 unspecified atom stereocenters. The summed E-state index contributed by atoms with van der Waals surface area (Å²) in [5.74, 6) is 0.765. The van der Waals surface area contributed by atoms with Gasteiger partial charge in [-0.05, 0) is 19.1 Å². The third kappa shape index (κ3) is 4.30. The van der Waals surface area contributed by atoms with E-state index in [1.165, 1.54) is 10.6 Å². The zero-order valence-corrected chi connectivity index (χ0v) is 14.9. The van der Waals surface area contributed by atoms with Crippen molar-refractivity contribution in [3.8, 4) is 0 Å². The summed E-state index contributed by atoms with van der Waals surface area (Å²) in [6.07, 6.45) is 0.789. The van der Waals surface area contributed by atoms with Gasteiger partial charge >= 0.3 is 6.03 Å². The molecule has 1 fully saturated rings. The number of anilines is 1. The highest BCUT2D eigenvalue weighted by Gasteiger charge is 2.26. The number of nitrogens with zero attached hydrogens (tertiary/aromatic N) is 1. The number of morpholine rings is 1. The minimum absolute atomic E-state index is 0.213. The number of aryl methyl sites for hydroxylation is 1. The summed E-state index contributed by atoms with van der Waals surface area (Å²) in [5, 5.41) is 6.37. The van der Waals surface area contributed by atoms with E-state index in [-0.39, 0.29) is 19.2 Å². The van der Waals surface area contributed by atoms with Gasteiger partial charge in [0.05, 0.1) is 24.7 Å². The highest BCUT2D eigenvalue weighted by molar-refractivity contribution is 7.88. The molecule has 1 saturated heterocycles. The Balaban J connectivity index is 1.57. The number of nitrogens with one attached hydrogen (secondary N) is 2. The molecule has 25 heavy (non-hydrogen) atoms. The molecule has 8 nitrogen and oxygen atoms in total. The van der Waals surface area contributed by atoms with Gasteiger partial charge in [-0.3, -0.25) is 0 Å². The van der Waals surface area contributed by atoms with Crippen molar-refractivity contribution in [1.29, 1.82) is 0 Å². The second-order valence-corrected chi connectivity index (χ2v) is 8.01. The molecular formula is C16H21N3O5S. The van der Waals surface area contributed by atoms with E-state index in [0.29, 0.717) is 24.4 Å². The van der Waals surface area contributed by atoms with Crippen LogP contribution in [0.25, 0.3) is 11.0 Å². The maximum atomic E-state index is 12.1. The summed E-state index contributed by atoms with van der Waals surface area (Å²) in [5.41, 5.74) is 1.19. The van der Waals surface area contributed by atoms with E-state index in [2.05, 4.69) is 10.6 Å². The molecule has 2 amide bonds. The average Bonchev–Trinajstić information content (AvgIpc) is 2.94. The first-order valence-corrected chi connectivity index (χ1v) is 9.78. The van der Waals surface area contributed by atoms with Crippen LogP contribution in [-0.2, 0) is 14.8 Å². The van der Waals surface area contributed by atoms with Crippen molar-refractivity contribution in [2.75, 3.05) is 37.8 Å². The van der Waals surface area contributed by atoms with E-state index in [9.17, 15) is 13.2 Å². The van der Waals surface area contributed by atoms with Gasteiger partial charge < -0.3 is 19.8 Å². The molecular weight excluding hydrogens is 346 g/mol. The van der Waals surface area contributed by atoms with Crippen molar-refractivity contribution >= 4 is 32.7 Å². The number of hydrogen-bond acceptors (Lipinski definition) is 5. The number of carbonyl (C=O) groups excluding carboxylic acids is 1. The van der Waals surface area contributed by atoms with Crippen LogP contribution in [0.4, 0.5) is 10.5 Å². The number of benzene rings is 1. The summed E-state index contributed by atoms with van der Waals surface area (Å²) in [7, 11) is -3.26. The Labute approximate surface area is 146 Å². The maximum absolute atomic E-state index is 12.1. The van der Waals surface area contributed by atoms with Crippen molar-refractivity contribution < 1.29 is 22.4 Å². The Kier molecular flexibility index (Phi) is 4.98. The normalized spacial score (nSPS) is 19.0. The Hall–Kier alpha value is -2.10. The lowest BCUT2D eigenvalue weighted by Gasteiger charge is -2.31. The molecule has 1 atom stereocenters. The first-order valence-electron chi connectivity index (χ1n) is 7.93. The van der Waals surface area contributed by atoms with Crippen LogP contribution >= 0.6 is 0 Å². The third-order valence-electron chi connectivity index (χ3n) is 3.98. The van der Waals surface area contributed by atoms with Gasteiger partial charge in [-0.25, -0.2) is 13.2 Å². The van der Waals surface area contributed by atoms with E-state index >= 15 is 0 Å². The highest BCUT2D eigenvalue weighted by atomic mass is 32.2. The van der Waals surface area contributed by atoms with Gasteiger partial charge in [0, 0.05) is 25.0 Å². The minimum Gasteiger partial charge on any atom is -0.459 e. The number of urea groups is 1. The fourth-order valence-electron chi connectivity index (χ4n) is 2.78. The first kappa shape index (κ1) is 17.7. The quantitative estimate of drug-likeness (QED) is 0.853. The molecule has 1 aromatic heterocycles. The van der Waals surface area contributed by atoms with Crippen LogP contribution in [0.5, 0.6) is 0 Å². The topological polar surface area (TPSA) is 101 Å². The molecule has 136 valence electrons. The summed E-state index contributed by atoms with van der Waals surface area (Å²) < 4.78 is 35.7. The lowest BCUT2D eigenvalue weighted by molar-refractivity contribution is 0.00167. The molecule has 1 aromatic carbocycles. The van der Waals surface area contributed by atoms with Crippen molar-refractivity contribution in [3.63, 3.8) is 0 Å². The predicted octanol–water partition coefficient (Wildman–Crippen LogP) is 1.52. The molecule has 3 rings (SSSR count). The largest absolute Gasteiger partial charge is 0.459 e. The number of furan rings is 1. The molecule has 2 N–H and O–H groups in total. The monoisotopic (exact) mass is 367 g/mol. The summed E-state index contributed by atoms with van der Waals surface area (Å²) >= 11 is 0. The van der Waals surface area contributed by atoms with Crippen LogP contribution in [0.3, 0.4) is 0 Å². The summed E-state index contributed by atoms with van der Waals surface area (Å²) in [6, 6.07) is 6.99. The van der Waals surface area contributed by atoms with E-state index in [4.69, 9.17) is 9.15 Å². The fourth-order valence-corrected chi connectivity index (χ4v) is 3.62. The van der Waals surface area contributed by atoms with Crippen LogP contribution < -0.4 is 10.6 Å². The molecule has 2 heterocycles. The third-order valence-corrected chi connectivity index (χ3v) is 5.25. The molecule has 2 aromatic rings. The van der Waals surface area contributed by atoms with E-state index < -0.39 is 16.1 Å². The van der Waals surface area contributed by atoms with Crippen molar-refractivity contribution in [3.05, 3.63) is 30.0 Å². The van der Waals surface area contributed by atoms with Gasteiger partial charge in [0.25, 0.3) is 0 Å². The van der Waals surface area contributed by atoms with Gasteiger partial charge in [-0.2, -0.15) is 4.31 Å². The number of sulfonamides is 1. The molecule has 1 aliphatic heterocycles. The molecule has 0 aliphatic carbocycles. The zero-order chi connectivity index (χ0) is 18.0. The van der Waals surface area contributed by atoms with Crippen LogP contribution in [0.15, 0.2) is 28.7 Å². The summed E-state index contributed by atoms with van der Waals surface area (Å²) in [4.78, 5) is 12.1. The van der Waals surface area contributed by atoms with Crippen molar-refractivity contribution in [2.24, 2.45) is 0 Å². The first-order chi connectivity index (χ1) is 11.8. The number of carbonyl (C=O) groups is 1. The van der Waals surface area contributed by atoms with Crippen LogP contribution in [0, 0.1) is 6.92 Å². The van der Waals surface area contributed by atoms with Gasteiger partial charge in [-0.15, -0.1) is 0 Å². The second-order valence-electron chi connectivity index (χ2n) is 6.03. The van der Waals surface area contributed by atoms with Gasteiger partial charge in [0.2, 0.25) is 10.0 Å². The highest BCUT2D eigenvalue weighted by Crippen LogP contribution is 2.26. The van der Waals surface area contributed by atoms with E-state index in [1.807, 2.05) is 25.1 Å². The molecule has 0 spiro atoms. The summed E-state index contributed by atoms with van der Waals surface area (Å²) in [6.45, 7) is 2.93. The smallest absolute Gasteiger partial charge is 0.319 e. The Bertz CT molecular complexity index is 877. The zero-order valence-electron chi connectivity index (χ0n) is 14.1. The standard InChI is InChI=1S/C16H21N3O5S/c1-11-8-12-4-3-5-14(15(12)24-11)18-16(20)17-9-13-10-19(6-7-23-13)25(2,21)22/h3-5,8,13H,6-7,9-10H2,1-2H3,(H2,17,18,20)/t13-/m1/s1. The Morgan fingerprint density at radius 1 is 1.40 bits per heavy atom. The number of rotatable bonds is 4. The number of hydrogen-bond donors (Lipinski definition) is 2. The van der Waals surface area contributed by atoms with Gasteiger partial charge in [0.15, 0.2) is 5.58 Å². The van der Waals surface area contributed by atoms with Crippen molar-refractivity contribution in [2.45, 2.75) is 13.0 Å². The van der Waals surface area contributed by atoms with Gasteiger partial charge in [-0.1, -0.05) is 12.1 Å². The predicted molar refractivity (Wildman–Crippen MR) is 94.1 cm³/mol. The average molecular weight is 367 g/mol.